The van der Waals surface area contributed by atoms with E-state index < -0.39 is 5.60 Å². The molecule has 6 nitrogen and oxygen atoms in total. The van der Waals surface area contributed by atoms with Crippen LogP contribution in [0, 0.1) is 0 Å². The highest BCUT2D eigenvalue weighted by Crippen LogP contribution is 2.15. The lowest BCUT2D eigenvalue weighted by Crippen LogP contribution is -2.50. The third-order valence-corrected chi connectivity index (χ3v) is 3.27. The Labute approximate surface area is 127 Å². The van der Waals surface area contributed by atoms with Crippen LogP contribution in [0.5, 0.6) is 0 Å². The van der Waals surface area contributed by atoms with Crippen molar-refractivity contribution in [1.82, 2.24) is 10.2 Å². The first kappa shape index (κ1) is 17.8. The average molecular weight is 300 g/mol. The summed E-state index contributed by atoms with van der Waals surface area (Å²) in [6.07, 6.45) is 1.35. The minimum atomic E-state index is -0.468. The fraction of sp³-hybridized carbons (Fsp3) is 0.867. The summed E-state index contributed by atoms with van der Waals surface area (Å²) in [4.78, 5) is 25.2. The minimum Gasteiger partial charge on any atom is -0.465 e. The standard InChI is InChI=1S/C15H28N2O4/c1-6-20-13(18)11(2)16-12-7-9-17(10-8-12)14(19)21-15(3,4)5/h11-12,16H,6-10H2,1-5H3. The van der Waals surface area contributed by atoms with Gasteiger partial charge in [-0.05, 0) is 47.5 Å². The summed E-state index contributed by atoms with van der Waals surface area (Å²) in [7, 11) is 0. The number of hydrogen-bond donors (Lipinski definition) is 1. The van der Waals surface area contributed by atoms with Crippen LogP contribution < -0.4 is 5.32 Å². The van der Waals surface area contributed by atoms with E-state index in [0.717, 1.165) is 12.8 Å². The minimum absolute atomic E-state index is 0.225. The summed E-state index contributed by atoms with van der Waals surface area (Å²) < 4.78 is 10.3. The van der Waals surface area contributed by atoms with E-state index in [2.05, 4.69) is 5.32 Å². The largest absolute Gasteiger partial charge is 0.465 e. The molecule has 1 saturated heterocycles. The molecule has 1 N–H and O–H groups in total. The van der Waals surface area contributed by atoms with Crippen LogP contribution in [-0.2, 0) is 14.3 Å². The molecule has 1 amide bonds. The Balaban J connectivity index is 2.35. The van der Waals surface area contributed by atoms with Crippen LogP contribution in [0.1, 0.15) is 47.5 Å². The zero-order valence-corrected chi connectivity index (χ0v) is 13.8. The number of hydrogen-bond acceptors (Lipinski definition) is 5. The van der Waals surface area contributed by atoms with Crippen molar-refractivity contribution in [2.24, 2.45) is 0 Å². The fourth-order valence-corrected chi connectivity index (χ4v) is 2.24. The Morgan fingerprint density at radius 2 is 1.86 bits per heavy atom. The van der Waals surface area contributed by atoms with Gasteiger partial charge in [0.25, 0.3) is 0 Å². The summed E-state index contributed by atoms with van der Waals surface area (Å²) in [5, 5.41) is 3.26. The van der Waals surface area contributed by atoms with Crippen molar-refractivity contribution >= 4 is 12.1 Å². The van der Waals surface area contributed by atoms with Crippen molar-refractivity contribution in [3.05, 3.63) is 0 Å². The lowest BCUT2D eigenvalue weighted by atomic mass is 10.0. The molecule has 122 valence electrons. The van der Waals surface area contributed by atoms with Crippen molar-refractivity contribution in [3.63, 3.8) is 0 Å². The van der Waals surface area contributed by atoms with E-state index >= 15 is 0 Å². The molecule has 0 spiro atoms. The van der Waals surface area contributed by atoms with Gasteiger partial charge < -0.3 is 19.7 Å². The number of nitrogens with one attached hydrogen (secondary N) is 1. The van der Waals surface area contributed by atoms with Gasteiger partial charge in [-0.2, -0.15) is 0 Å². The van der Waals surface area contributed by atoms with Crippen molar-refractivity contribution < 1.29 is 19.1 Å². The number of carbonyl (C=O) groups is 2. The number of nitrogens with zero attached hydrogens (tertiary/aromatic N) is 1. The molecule has 1 atom stereocenters. The monoisotopic (exact) mass is 300 g/mol. The second-order valence-electron chi connectivity index (χ2n) is 6.38. The molecule has 0 bridgehead atoms. The molecule has 21 heavy (non-hydrogen) atoms. The molecule has 0 aromatic rings. The van der Waals surface area contributed by atoms with E-state index in [-0.39, 0.29) is 24.1 Å². The molecule has 1 aliphatic heterocycles. The van der Waals surface area contributed by atoms with Crippen LogP contribution in [0.15, 0.2) is 0 Å². The number of piperidine rings is 1. The summed E-state index contributed by atoms with van der Waals surface area (Å²) in [6, 6.07) is -0.0916. The van der Waals surface area contributed by atoms with Crippen LogP contribution in [-0.4, -0.2) is 54.3 Å². The van der Waals surface area contributed by atoms with Crippen LogP contribution in [0.3, 0.4) is 0 Å². The number of esters is 1. The second-order valence-corrected chi connectivity index (χ2v) is 6.38. The lowest BCUT2D eigenvalue weighted by molar-refractivity contribution is -0.145. The molecule has 0 aromatic carbocycles. The molecular weight excluding hydrogens is 272 g/mol. The molecule has 1 aliphatic rings. The maximum absolute atomic E-state index is 11.9. The molecule has 0 saturated carbocycles. The van der Waals surface area contributed by atoms with E-state index in [1.807, 2.05) is 20.8 Å². The zero-order valence-electron chi connectivity index (χ0n) is 13.8. The van der Waals surface area contributed by atoms with Crippen molar-refractivity contribution in [2.45, 2.75) is 65.1 Å². The molecule has 6 heteroatoms. The normalized spacial score (nSPS) is 18.2. The first-order chi connectivity index (χ1) is 9.73. The molecule has 0 radical (unpaired) electrons. The van der Waals surface area contributed by atoms with Gasteiger partial charge in [0.1, 0.15) is 11.6 Å². The maximum atomic E-state index is 11.9. The predicted octanol–water partition coefficient (Wildman–Crippen LogP) is 1.93. The van der Waals surface area contributed by atoms with Crippen molar-refractivity contribution in [2.75, 3.05) is 19.7 Å². The molecule has 1 heterocycles. The Kier molecular flexibility index (Phi) is 6.45. The summed E-state index contributed by atoms with van der Waals surface area (Å²) in [5.74, 6) is -0.230. The third kappa shape index (κ3) is 6.33. The number of ether oxygens (including phenoxy) is 2. The highest BCUT2D eigenvalue weighted by atomic mass is 16.6. The Hall–Kier alpha value is -1.30. The molecular formula is C15H28N2O4. The molecule has 1 unspecified atom stereocenters. The van der Waals surface area contributed by atoms with Gasteiger partial charge in [-0.15, -0.1) is 0 Å². The Morgan fingerprint density at radius 3 is 2.33 bits per heavy atom. The van der Waals surface area contributed by atoms with Crippen molar-refractivity contribution in [1.29, 1.82) is 0 Å². The Bertz CT molecular complexity index is 357. The SMILES string of the molecule is CCOC(=O)C(C)NC1CCN(C(=O)OC(C)(C)C)CC1. The van der Waals surface area contributed by atoms with Crippen LogP contribution in [0.25, 0.3) is 0 Å². The van der Waals surface area contributed by atoms with Gasteiger partial charge in [-0.3, -0.25) is 4.79 Å². The first-order valence-electron chi connectivity index (χ1n) is 7.63. The molecule has 0 aromatic heterocycles. The fourth-order valence-electron chi connectivity index (χ4n) is 2.24. The van der Waals surface area contributed by atoms with Gasteiger partial charge >= 0.3 is 12.1 Å². The molecule has 1 rings (SSSR count). The lowest BCUT2D eigenvalue weighted by Gasteiger charge is -2.34. The van der Waals surface area contributed by atoms with E-state index in [9.17, 15) is 9.59 Å². The summed E-state index contributed by atoms with van der Waals surface area (Å²) >= 11 is 0. The highest BCUT2D eigenvalue weighted by Gasteiger charge is 2.28. The number of amides is 1. The highest BCUT2D eigenvalue weighted by molar-refractivity contribution is 5.75. The van der Waals surface area contributed by atoms with E-state index in [4.69, 9.17) is 9.47 Å². The van der Waals surface area contributed by atoms with Crippen LogP contribution in [0.4, 0.5) is 4.79 Å². The van der Waals surface area contributed by atoms with E-state index in [1.165, 1.54) is 0 Å². The van der Waals surface area contributed by atoms with Crippen LogP contribution in [0.2, 0.25) is 0 Å². The summed E-state index contributed by atoms with van der Waals surface area (Å²) in [5.41, 5.74) is -0.468. The summed E-state index contributed by atoms with van der Waals surface area (Å²) in [6.45, 7) is 10.9. The first-order valence-corrected chi connectivity index (χ1v) is 7.63. The van der Waals surface area contributed by atoms with Gasteiger partial charge in [0, 0.05) is 19.1 Å². The van der Waals surface area contributed by atoms with Crippen molar-refractivity contribution in [3.8, 4) is 0 Å². The van der Waals surface area contributed by atoms with Crippen LogP contribution >= 0.6 is 0 Å². The number of rotatable bonds is 4. The van der Waals surface area contributed by atoms with Gasteiger partial charge in [0.05, 0.1) is 6.61 Å². The maximum Gasteiger partial charge on any atom is 0.410 e. The third-order valence-electron chi connectivity index (χ3n) is 3.27. The van der Waals surface area contributed by atoms with Gasteiger partial charge in [-0.25, -0.2) is 4.79 Å². The van der Waals surface area contributed by atoms with Gasteiger partial charge in [0.2, 0.25) is 0 Å². The molecule has 1 fully saturated rings. The Morgan fingerprint density at radius 1 is 1.29 bits per heavy atom. The number of likely N-dealkylation sites (tertiary alicyclic amines) is 1. The quantitative estimate of drug-likeness (QED) is 0.804. The molecule has 0 aliphatic carbocycles. The topological polar surface area (TPSA) is 67.9 Å². The van der Waals surface area contributed by atoms with Gasteiger partial charge in [0.15, 0.2) is 0 Å². The van der Waals surface area contributed by atoms with Gasteiger partial charge in [-0.1, -0.05) is 0 Å². The predicted molar refractivity (Wildman–Crippen MR) is 80.1 cm³/mol. The van der Waals surface area contributed by atoms with E-state index in [1.54, 1.807) is 18.7 Å². The van der Waals surface area contributed by atoms with E-state index in [0.29, 0.717) is 19.7 Å². The zero-order chi connectivity index (χ0) is 16.0. The second kappa shape index (κ2) is 7.64. The average Bonchev–Trinajstić information content (AvgIpc) is 2.37. The number of carbonyl (C=O) groups excluding carboxylic acids is 2. The smallest absolute Gasteiger partial charge is 0.410 e.